The van der Waals surface area contributed by atoms with Crippen molar-refractivity contribution in [2.75, 3.05) is 25.0 Å². The van der Waals surface area contributed by atoms with Crippen LogP contribution in [0, 0.1) is 11.7 Å². The quantitative estimate of drug-likeness (QED) is 0.251. The molecule has 2 amide bonds. The maximum Gasteiger partial charge on any atom is 0.255 e. The number of nitrogens with two attached hydrogens (primary N) is 1. The highest BCUT2D eigenvalue weighted by Crippen LogP contribution is 2.26. The molecule has 2 aromatic heterocycles. The number of imidazole rings is 1. The fraction of sp³-hybridized carbons (Fsp3) is 0.312. The average molecular weight is 573 g/mol. The van der Waals surface area contributed by atoms with Crippen molar-refractivity contribution in [2.24, 2.45) is 11.7 Å². The molecule has 0 unspecified atom stereocenters. The normalized spacial score (nSPS) is 14.3. The maximum atomic E-state index is 13.4. The third-order valence-corrected chi connectivity index (χ3v) is 7.32. The minimum atomic E-state index is -0.354. The van der Waals surface area contributed by atoms with Crippen LogP contribution in [0.15, 0.2) is 73.2 Å². The van der Waals surface area contributed by atoms with Crippen LogP contribution in [0.1, 0.15) is 48.2 Å². The number of hydrogen-bond donors (Lipinski definition) is 3. The van der Waals surface area contributed by atoms with Crippen LogP contribution in [0.25, 0.3) is 12.2 Å². The van der Waals surface area contributed by atoms with Gasteiger partial charge in [0.2, 0.25) is 11.9 Å². The summed E-state index contributed by atoms with van der Waals surface area (Å²) in [5.74, 6) is -0.216. The molecule has 4 rings (SSSR count). The number of anilines is 1. The number of aromatic amines is 1. The van der Waals surface area contributed by atoms with Crippen molar-refractivity contribution < 1.29 is 18.7 Å². The molecule has 42 heavy (non-hydrogen) atoms. The second-order valence-electron chi connectivity index (χ2n) is 10.3. The third-order valence-electron chi connectivity index (χ3n) is 7.32. The van der Waals surface area contributed by atoms with E-state index in [-0.39, 0.29) is 36.1 Å². The van der Waals surface area contributed by atoms with Gasteiger partial charge in [0.25, 0.3) is 5.91 Å². The van der Waals surface area contributed by atoms with Crippen LogP contribution in [0.5, 0.6) is 0 Å². The molecule has 4 N–H and O–H groups in total. The van der Waals surface area contributed by atoms with E-state index in [4.69, 9.17) is 10.5 Å². The number of halogens is 1. The summed E-state index contributed by atoms with van der Waals surface area (Å²) in [5.41, 5.74) is 10.6. The van der Waals surface area contributed by atoms with E-state index in [0.717, 1.165) is 24.0 Å². The lowest BCUT2D eigenvalue weighted by atomic mass is 9.90. The summed E-state index contributed by atoms with van der Waals surface area (Å²) in [7, 11) is 0. The number of piperidine rings is 1. The predicted molar refractivity (Wildman–Crippen MR) is 161 cm³/mol. The van der Waals surface area contributed by atoms with Crippen LogP contribution in [0.4, 0.5) is 10.3 Å². The number of nitrogens with zero attached hydrogens (tertiary/aromatic N) is 3. The smallest absolute Gasteiger partial charge is 0.255 e. The molecule has 220 valence electrons. The summed E-state index contributed by atoms with van der Waals surface area (Å²) in [5, 5.41) is 2.82. The number of aromatic nitrogens is 3. The first kappa shape index (κ1) is 30.4. The third kappa shape index (κ3) is 8.47. The summed E-state index contributed by atoms with van der Waals surface area (Å²) >= 11 is 0. The minimum Gasteiger partial charge on any atom is -0.402 e. The fourth-order valence-electron chi connectivity index (χ4n) is 4.95. The van der Waals surface area contributed by atoms with Crippen LogP contribution in [0.2, 0.25) is 0 Å². The molecule has 1 saturated heterocycles. The molecule has 0 saturated carbocycles. The molecule has 0 radical (unpaired) electrons. The zero-order valence-corrected chi connectivity index (χ0v) is 23.7. The summed E-state index contributed by atoms with van der Waals surface area (Å²) in [6.45, 7) is 9.05. The van der Waals surface area contributed by atoms with Crippen molar-refractivity contribution in [3.63, 3.8) is 0 Å². The van der Waals surface area contributed by atoms with E-state index in [9.17, 15) is 14.0 Å². The zero-order chi connectivity index (χ0) is 29.9. The number of rotatable bonds is 13. The number of nitrogens with one attached hydrogen (secondary N) is 2. The number of carbonyl (C=O) groups excluding carboxylic acids is 2. The molecule has 3 heterocycles. The molecule has 0 bridgehead atoms. The molecule has 1 aliphatic heterocycles. The predicted octanol–water partition coefficient (Wildman–Crippen LogP) is 4.86. The van der Waals surface area contributed by atoms with Crippen molar-refractivity contribution in [1.29, 1.82) is 0 Å². The van der Waals surface area contributed by atoms with Crippen LogP contribution in [-0.2, 0) is 27.4 Å². The van der Waals surface area contributed by atoms with Gasteiger partial charge < -0.3 is 20.4 Å². The van der Waals surface area contributed by atoms with Crippen molar-refractivity contribution in [2.45, 2.75) is 38.7 Å². The van der Waals surface area contributed by atoms with Crippen LogP contribution in [0.3, 0.4) is 0 Å². The van der Waals surface area contributed by atoms with E-state index in [1.54, 1.807) is 36.7 Å². The summed E-state index contributed by atoms with van der Waals surface area (Å²) in [6.07, 6.45) is 9.54. The number of carbonyl (C=O) groups is 2. The number of pyridine rings is 1. The van der Waals surface area contributed by atoms with Gasteiger partial charge in [-0.05, 0) is 79.5 Å². The number of H-pyrrole nitrogens is 1. The highest BCUT2D eigenvalue weighted by Gasteiger charge is 2.25. The number of aryl methyl sites for hydroxylation is 1. The van der Waals surface area contributed by atoms with Gasteiger partial charge in [-0.1, -0.05) is 31.4 Å². The SMILES string of the molecule is C=Cc1nc(NC(=O)/C(CCc2ccc(F)cc2)=C(\N)CC2CCN(C(=O)COCc3cccnc3)CC2)[nH]c1C=C. The number of hydrogen-bond acceptors (Lipinski definition) is 6. The Bertz CT molecular complexity index is 1380. The van der Waals surface area contributed by atoms with Gasteiger partial charge in [0.05, 0.1) is 18.0 Å². The molecule has 1 fully saturated rings. The van der Waals surface area contributed by atoms with Crippen molar-refractivity contribution in [3.8, 4) is 0 Å². The van der Waals surface area contributed by atoms with Gasteiger partial charge in [-0.25, -0.2) is 9.37 Å². The molecule has 3 aromatic rings. The summed E-state index contributed by atoms with van der Waals surface area (Å²) < 4.78 is 19.0. The number of amides is 2. The Morgan fingerprint density at radius 3 is 2.55 bits per heavy atom. The van der Waals surface area contributed by atoms with Crippen LogP contribution in [-0.4, -0.2) is 51.4 Å². The van der Waals surface area contributed by atoms with E-state index in [1.807, 2.05) is 17.0 Å². The van der Waals surface area contributed by atoms with Crippen LogP contribution >= 0.6 is 0 Å². The lowest BCUT2D eigenvalue weighted by Crippen LogP contribution is -2.40. The lowest BCUT2D eigenvalue weighted by Gasteiger charge is -2.32. The molecule has 9 nitrogen and oxygen atoms in total. The first-order valence-electron chi connectivity index (χ1n) is 14.0. The van der Waals surface area contributed by atoms with Gasteiger partial charge in [0.15, 0.2) is 0 Å². The van der Waals surface area contributed by atoms with Gasteiger partial charge in [-0.2, -0.15) is 0 Å². The van der Waals surface area contributed by atoms with Crippen molar-refractivity contribution in [1.82, 2.24) is 19.9 Å². The molecular formula is C32H37FN6O3. The second-order valence-corrected chi connectivity index (χ2v) is 10.3. The van der Waals surface area contributed by atoms with Gasteiger partial charge >= 0.3 is 0 Å². The standard InChI is InChI=1S/C32H37FN6O3/c1-3-28-29(4-2)37-32(36-28)38-31(41)26(12-9-22-7-10-25(33)11-8-22)27(34)18-23-13-16-39(17-14-23)30(40)21-42-20-24-6-5-15-35-19-24/h3-8,10-11,15,19,23H,1-2,9,12-14,16-18,20-21,34H2,(H2,36,37,38,41)/b27-26-. The Balaban J connectivity index is 1.37. The van der Waals surface area contributed by atoms with Crippen LogP contribution < -0.4 is 11.1 Å². The summed E-state index contributed by atoms with van der Waals surface area (Å²) in [6, 6.07) is 9.94. The van der Waals surface area contributed by atoms with Crippen molar-refractivity contribution in [3.05, 3.63) is 102 Å². The molecule has 1 aliphatic rings. The van der Waals surface area contributed by atoms with E-state index in [1.165, 1.54) is 12.1 Å². The number of allylic oxidation sites excluding steroid dienone is 1. The Morgan fingerprint density at radius 2 is 1.90 bits per heavy atom. The largest absolute Gasteiger partial charge is 0.402 e. The molecule has 0 atom stereocenters. The monoisotopic (exact) mass is 572 g/mol. The van der Waals surface area contributed by atoms with E-state index >= 15 is 0 Å². The van der Waals surface area contributed by atoms with E-state index in [0.29, 0.717) is 61.6 Å². The number of benzene rings is 1. The average Bonchev–Trinajstić information content (AvgIpc) is 3.40. The molecule has 0 spiro atoms. The van der Waals surface area contributed by atoms with Crippen molar-refractivity contribution >= 4 is 29.9 Å². The minimum absolute atomic E-state index is 0.0171. The summed E-state index contributed by atoms with van der Waals surface area (Å²) in [4.78, 5) is 39.3. The maximum absolute atomic E-state index is 13.4. The van der Waals surface area contributed by atoms with Gasteiger partial charge in [0, 0.05) is 36.8 Å². The van der Waals surface area contributed by atoms with E-state index in [2.05, 4.69) is 33.4 Å². The van der Waals surface area contributed by atoms with Gasteiger partial charge in [0.1, 0.15) is 12.4 Å². The molecule has 1 aromatic carbocycles. The topological polar surface area (TPSA) is 126 Å². The molecule has 10 heteroatoms. The lowest BCUT2D eigenvalue weighted by molar-refractivity contribution is -0.138. The zero-order valence-electron chi connectivity index (χ0n) is 23.7. The van der Waals surface area contributed by atoms with Gasteiger partial charge in [-0.15, -0.1) is 0 Å². The highest BCUT2D eigenvalue weighted by molar-refractivity contribution is 6.03. The van der Waals surface area contributed by atoms with Gasteiger partial charge in [-0.3, -0.25) is 19.9 Å². The second kappa shape index (κ2) is 14.9. The molecule has 0 aliphatic carbocycles. The molecular weight excluding hydrogens is 535 g/mol. The Morgan fingerprint density at radius 1 is 1.14 bits per heavy atom. The fourth-order valence-corrected chi connectivity index (χ4v) is 4.95. The first-order valence-corrected chi connectivity index (χ1v) is 14.0. The Kier molecular flexibility index (Phi) is 10.8. The Labute approximate surface area is 245 Å². The number of likely N-dealkylation sites (tertiary alicyclic amines) is 1. The highest BCUT2D eigenvalue weighted by atomic mass is 19.1. The number of ether oxygens (including phenoxy) is 1. The Hall–Kier alpha value is -4.57. The first-order chi connectivity index (χ1) is 20.4. The van der Waals surface area contributed by atoms with E-state index < -0.39 is 0 Å².